The van der Waals surface area contributed by atoms with Crippen LogP contribution in [0.15, 0.2) is 12.1 Å². The summed E-state index contributed by atoms with van der Waals surface area (Å²) in [6.45, 7) is 2.64. The molecule has 0 saturated heterocycles. The van der Waals surface area contributed by atoms with Gasteiger partial charge in [-0.2, -0.15) is 0 Å². The first kappa shape index (κ1) is 12.9. The van der Waals surface area contributed by atoms with Crippen LogP contribution in [0.3, 0.4) is 0 Å². The predicted octanol–water partition coefficient (Wildman–Crippen LogP) is 3.65. The molecular formula is C14H19NO3. The van der Waals surface area contributed by atoms with E-state index in [0.717, 1.165) is 37.7 Å². The molecule has 0 aromatic heterocycles. The van der Waals surface area contributed by atoms with Gasteiger partial charge in [-0.1, -0.05) is 19.4 Å². The Balaban J connectivity index is 2.33. The van der Waals surface area contributed by atoms with Crippen molar-refractivity contribution in [3.8, 4) is 5.75 Å². The van der Waals surface area contributed by atoms with Crippen molar-refractivity contribution in [2.45, 2.75) is 45.4 Å². The van der Waals surface area contributed by atoms with Crippen molar-refractivity contribution < 1.29 is 9.66 Å². The van der Waals surface area contributed by atoms with Crippen LogP contribution >= 0.6 is 0 Å². The Morgan fingerprint density at radius 3 is 2.83 bits per heavy atom. The second kappa shape index (κ2) is 5.85. The zero-order valence-electron chi connectivity index (χ0n) is 10.8. The van der Waals surface area contributed by atoms with Gasteiger partial charge in [0.25, 0.3) is 0 Å². The van der Waals surface area contributed by atoms with E-state index in [0.29, 0.717) is 12.4 Å². The van der Waals surface area contributed by atoms with Gasteiger partial charge < -0.3 is 4.74 Å². The summed E-state index contributed by atoms with van der Waals surface area (Å²) < 4.78 is 5.70. The number of rotatable bonds is 5. The van der Waals surface area contributed by atoms with Crippen molar-refractivity contribution in [3.63, 3.8) is 0 Å². The van der Waals surface area contributed by atoms with E-state index >= 15 is 0 Å². The molecule has 0 fully saturated rings. The van der Waals surface area contributed by atoms with Gasteiger partial charge in [0.05, 0.1) is 11.5 Å². The van der Waals surface area contributed by atoms with Crippen LogP contribution in [0.4, 0.5) is 5.69 Å². The molecule has 0 N–H and O–H groups in total. The van der Waals surface area contributed by atoms with Crippen molar-refractivity contribution in [1.29, 1.82) is 0 Å². The van der Waals surface area contributed by atoms with Gasteiger partial charge in [-0.25, -0.2) is 0 Å². The van der Waals surface area contributed by atoms with Crippen LogP contribution in [0, 0.1) is 10.1 Å². The molecule has 0 bridgehead atoms. The molecular weight excluding hydrogens is 230 g/mol. The standard InChI is InChI=1S/C14H19NO3/c1-2-3-10-18-14-12-7-5-4-6-11(12)8-9-13(14)15(16)17/h8-9H,2-7,10H2,1H3. The number of fused-ring (bicyclic) bond motifs is 1. The number of hydrogen-bond acceptors (Lipinski definition) is 3. The number of nitro benzene ring substituents is 1. The van der Waals surface area contributed by atoms with Gasteiger partial charge >= 0.3 is 5.69 Å². The molecule has 98 valence electrons. The van der Waals surface area contributed by atoms with Crippen LogP contribution in [0.5, 0.6) is 5.75 Å². The molecule has 1 aliphatic rings. The lowest BCUT2D eigenvalue weighted by Crippen LogP contribution is -2.09. The van der Waals surface area contributed by atoms with Gasteiger partial charge in [0.1, 0.15) is 0 Å². The molecule has 1 aromatic rings. The second-order valence-electron chi connectivity index (χ2n) is 4.72. The highest BCUT2D eigenvalue weighted by atomic mass is 16.6. The lowest BCUT2D eigenvalue weighted by atomic mass is 9.90. The first-order valence-corrected chi connectivity index (χ1v) is 6.66. The van der Waals surface area contributed by atoms with E-state index in [4.69, 9.17) is 4.74 Å². The number of aryl methyl sites for hydroxylation is 1. The van der Waals surface area contributed by atoms with Gasteiger partial charge in [0, 0.05) is 11.6 Å². The summed E-state index contributed by atoms with van der Waals surface area (Å²) >= 11 is 0. The number of ether oxygens (including phenoxy) is 1. The van der Waals surface area contributed by atoms with E-state index < -0.39 is 0 Å². The van der Waals surface area contributed by atoms with Gasteiger partial charge in [0.2, 0.25) is 5.75 Å². The minimum Gasteiger partial charge on any atom is -0.487 e. The van der Waals surface area contributed by atoms with Gasteiger partial charge in [0.15, 0.2) is 0 Å². The maximum Gasteiger partial charge on any atom is 0.311 e. The summed E-state index contributed by atoms with van der Waals surface area (Å²) in [6.07, 6.45) is 6.14. The lowest BCUT2D eigenvalue weighted by molar-refractivity contribution is -0.386. The molecule has 2 rings (SSSR count). The summed E-state index contributed by atoms with van der Waals surface area (Å²) in [5.41, 5.74) is 2.40. The third kappa shape index (κ3) is 2.63. The Kier molecular flexibility index (Phi) is 4.18. The molecule has 0 atom stereocenters. The average Bonchev–Trinajstić information content (AvgIpc) is 2.38. The molecule has 0 radical (unpaired) electrons. The third-order valence-corrected chi connectivity index (χ3v) is 3.40. The molecule has 0 amide bonds. The monoisotopic (exact) mass is 249 g/mol. The molecule has 4 nitrogen and oxygen atoms in total. The van der Waals surface area contributed by atoms with Crippen LogP contribution in [-0.4, -0.2) is 11.5 Å². The Morgan fingerprint density at radius 1 is 1.33 bits per heavy atom. The third-order valence-electron chi connectivity index (χ3n) is 3.40. The molecule has 18 heavy (non-hydrogen) atoms. The number of nitro groups is 1. The smallest absolute Gasteiger partial charge is 0.311 e. The highest BCUT2D eigenvalue weighted by Crippen LogP contribution is 2.37. The van der Waals surface area contributed by atoms with E-state index in [9.17, 15) is 10.1 Å². The van der Waals surface area contributed by atoms with Gasteiger partial charge in [-0.15, -0.1) is 0 Å². The van der Waals surface area contributed by atoms with E-state index in [2.05, 4.69) is 6.92 Å². The van der Waals surface area contributed by atoms with Crippen molar-refractivity contribution in [1.82, 2.24) is 0 Å². The zero-order valence-corrected chi connectivity index (χ0v) is 10.8. The predicted molar refractivity (Wildman–Crippen MR) is 70.1 cm³/mol. The summed E-state index contributed by atoms with van der Waals surface area (Å²) in [7, 11) is 0. The van der Waals surface area contributed by atoms with Crippen molar-refractivity contribution in [3.05, 3.63) is 33.4 Å². The Hall–Kier alpha value is -1.58. The minimum absolute atomic E-state index is 0.117. The summed E-state index contributed by atoms with van der Waals surface area (Å²) in [4.78, 5) is 10.7. The number of hydrogen-bond donors (Lipinski definition) is 0. The summed E-state index contributed by atoms with van der Waals surface area (Å²) in [5, 5.41) is 11.1. The molecule has 0 spiro atoms. The van der Waals surface area contributed by atoms with Crippen LogP contribution < -0.4 is 4.74 Å². The van der Waals surface area contributed by atoms with Crippen molar-refractivity contribution in [2.24, 2.45) is 0 Å². The molecule has 0 unspecified atom stereocenters. The highest BCUT2D eigenvalue weighted by Gasteiger charge is 2.23. The van der Waals surface area contributed by atoms with Crippen LogP contribution in [0.2, 0.25) is 0 Å². The first-order chi connectivity index (χ1) is 8.74. The molecule has 1 aromatic carbocycles. The molecule has 0 aliphatic heterocycles. The Labute approximate surface area is 107 Å². The largest absolute Gasteiger partial charge is 0.487 e. The van der Waals surface area contributed by atoms with Crippen LogP contribution in [-0.2, 0) is 12.8 Å². The fourth-order valence-corrected chi connectivity index (χ4v) is 2.41. The maximum atomic E-state index is 11.1. The Bertz CT molecular complexity index is 443. The van der Waals surface area contributed by atoms with E-state index in [-0.39, 0.29) is 10.6 Å². The quantitative estimate of drug-likeness (QED) is 0.454. The lowest BCUT2D eigenvalue weighted by Gasteiger charge is -2.19. The Morgan fingerprint density at radius 2 is 2.11 bits per heavy atom. The topological polar surface area (TPSA) is 52.4 Å². The fraction of sp³-hybridized carbons (Fsp3) is 0.571. The highest BCUT2D eigenvalue weighted by molar-refractivity contribution is 5.55. The minimum atomic E-state index is -0.337. The second-order valence-corrected chi connectivity index (χ2v) is 4.72. The normalized spacial score (nSPS) is 14.1. The number of benzene rings is 1. The number of nitrogens with zero attached hydrogens (tertiary/aromatic N) is 1. The van der Waals surface area contributed by atoms with Gasteiger partial charge in [-0.3, -0.25) is 10.1 Å². The number of unbranched alkanes of at least 4 members (excludes halogenated alkanes) is 1. The molecule has 0 heterocycles. The maximum absolute atomic E-state index is 11.1. The van der Waals surface area contributed by atoms with E-state index in [1.165, 1.54) is 12.0 Å². The average molecular weight is 249 g/mol. The van der Waals surface area contributed by atoms with Crippen LogP contribution in [0.25, 0.3) is 0 Å². The van der Waals surface area contributed by atoms with Crippen LogP contribution in [0.1, 0.15) is 43.7 Å². The first-order valence-electron chi connectivity index (χ1n) is 6.66. The van der Waals surface area contributed by atoms with E-state index in [1.54, 1.807) is 6.07 Å². The SMILES string of the molecule is CCCCOc1c([N+](=O)[O-])ccc2c1CCCC2. The fourth-order valence-electron chi connectivity index (χ4n) is 2.41. The van der Waals surface area contributed by atoms with Crippen molar-refractivity contribution >= 4 is 5.69 Å². The van der Waals surface area contributed by atoms with Gasteiger partial charge in [-0.05, 0) is 37.7 Å². The summed E-state index contributed by atoms with van der Waals surface area (Å²) in [6, 6.07) is 3.48. The summed E-state index contributed by atoms with van der Waals surface area (Å²) in [5.74, 6) is 0.519. The zero-order chi connectivity index (χ0) is 13.0. The van der Waals surface area contributed by atoms with Crippen molar-refractivity contribution in [2.75, 3.05) is 6.61 Å². The molecule has 4 heteroatoms. The van der Waals surface area contributed by atoms with E-state index in [1.807, 2.05) is 6.07 Å². The molecule has 1 aliphatic carbocycles. The molecule has 0 saturated carbocycles.